The predicted octanol–water partition coefficient (Wildman–Crippen LogP) is 4.98. The summed E-state index contributed by atoms with van der Waals surface area (Å²) in [5.74, 6) is 0.805. The molecule has 5 nitrogen and oxygen atoms in total. The molecule has 1 saturated heterocycles. The molecule has 30 heavy (non-hydrogen) atoms. The molecule has 1 aliphatic heterocycles. The maximum atomic E-state index is 15.5. The van der Waals surface area contributed by atoms with E-state index < -0.39 is 36.8 Å². The van der Waals surface area contributed by atoms with Gasteiger partial charge in [0.05, 0.1) is 32.0 Å². The molecule has 168 valence electrons. The van der Waals surface area contributed by atoms with Crippen LogP contribution < -0.4 is 9.47 Å². The van der Waals surface area contributed by atoms with E-state index in [-0.39, 0.29) is 18.6 Å². The molecule has 0 N–H and O–H groups in total. The van der Waals surface area contributed by atoms with Crippen molar-refractivity contribution in [2.24, 2.45) is 0 Å². The standard InChI is InChI=1S/C20H27BF4O5/c1-18(2)19(3,4)30-21(29-18)17(22)16(7-8-28-12-20(23,24)25)13-9-14(26-5)11-15(10-13)27-6/h9-11H,7-8,12H2,1-6H3. The van der Waals surface area contributed by atoms with Gasteiger partial charge >= 0.3 is 13.3 Å². The Balaban J connectivity index is 2.40. The van der Waals surface area contributed by atoms with Crippen LogP contribution in [0.4, 0.5) is 17.6 Å². The van der Waals surface area contributed by atoms with Crippen molar-refractivity contribution < 1.29 is 41.1 Å². The number of methoxy groups -OCH3 is 2. The van der Waals surface area contributed by atoms with Crippen LogP contribution >= 0.6 is 0 Å². The van der Waals surface area contributed by atoms with Crippen LogP contribution in [0.3, 0.4) is 0 Å². The maximum absolute atomic E-state index is 15.5. The molecule has 1 fully saturated rings. The number of halogens is 4. The summed E-state index contributed by atoms with van der Waals surface area (Å²) in [5, 5.41) is 0. The lowest BCUT2D eigenvalue weighted by Crippen LogP contribution is -2.41. The normalized spacial score (nSPS) is 18.9. The largest absolute Gasteiger partial charge is 0.525 e. The number of ether oxygens (including phenoxy) is 3. The molecule has 0 atom stereocenters. The average molecular weight is 434 g/mol. The minimum atomic E-state index is -4.46. The first kappa shape index (κ1) is 24.5. The van der Waals surface area contributed by atoms with Crippen LogP contribution in [0.5, 0.6) is 11.5 Å². The van der Waals surface area contributed by atoms with Crippen molar-refractivity contribution >= 4 is 12.7 Å². The Morgan fingerprint density at radius 1 is 0.967 bits per heavy atom. The molecule has 0 saturated carbocycles. The highest BCUT2D eigenvalue weighted by Crippen LogP contribution is 2.41. The molecular formula is C20H27BF4O5. The van der Waals surface area contributed by atoms with Crippen LogP contribution in [0.2, 0.25) is 0 Å². The van der Waals surface area contributed by atoms with E-state index in [4.69, 9.17) is 18.8 Å². The van der Waals surface area contributed by atoms with Crippen molar-refractivity contribution in [2.75, 3.05) is 27.4 Å². The Labute approximate surface area is 174 Å². The first-order valence-electron chi connectivity index (χ1n) is 9.42. The fourth-order valence-electron chi connectivity index (χ4n) is 2.83. The molecule has 0 aliphatic carbocycles. The number of alkyl halides is 3. The van der Waals surface area contributed by atoms with Crippen molar-refractivity contribution in [3.8, 4) is 11.5 Å². The summed E-state index contributed by atoms with van der Waals surface area (Å²) < 4.78 is 79.4. The first-order chi connectivity index (χ1) is 13.8. The number of benzene rings is 1. The van der Waals surface area contributed by atoms with Gasteiger partial charge in [0.1, 0.15) is 23.8 Å². The van der Waals surface area contributed by atoms with Gasteiger partial charge < -0.3 is 23.5 Å². The Kier molecular flexibility index (Phi) is 7.47. The van der Waals surface area contributed by atoms with Crippen LogP contribution in [-0.4, -0.2) is 51.9 Å². The van der Waals surface area contributed by atoms with Gasteiger partial charge in [0, 0.05) is 6.07 Å². The van der Waals surface area contributed by atoms with E-state index in [9.17, 15) is 13.2 Å². The summed E-state index contributed by atoms with van der Waals surface area (Å²) >= 11 is 0. The Morgan fingerprint density at radius 3 is 1.90 bits per heavy atom. The van der Waals surface area contributed by atoms with Gasteiger partial charge in [-0.2, -0.15) is 13.2 Å². The smallest absolute Gasteiger partial charge is 0.497 e. The monoisotopic (exact) mass is 434 g/mol. The van der Waals surface area contributed by atoms with Crippen molar-refractivity contribution in [3.05, 3.63) is 29.5 Å². The van der Waals surface area contributed by atoms with Gasteiger partial charge in [0.25, 0.3) is 0 Å². The van der Waals surface area contributed by atoms with E-state index in [0.29, 0.717) is 17.1 Å². The summed E-state index contributed by atoms with van der Waals surface area (Å²) in [6.45, 7) is 5.35. The molecule has 1 heterocycles. The van der Waals surface area contributed by atoms with Crippen LogP contribution in [0, 0.1) is 0 Å². The molecule has 0 unspecified atom stereocenters. The summed E-state index contributed by atoms with van der Waals surface area (Å²) in [7, 11) is 1.59. The highest BCUT2D eigenvalue weighted by Gasteiger charge is 2.53. The SMILES string of the molecule is COc1cc(OC)cc(C(CCOCC(F)(F)F)=C(F)B2OC(C)(C)C(C)(C)O2)c1. The molecule has 2 rings (SSSR count). The quantitative estimate of drug-likeness (QED) is 0.328. The topological polar surface area (TPSA) is 46.2 Å². The van der Waals surface area contributed by atoms with Gasteiger partial charge in [-0.05, 0) is 57.4 Å². The first-order valence-corrected chi connectivity index (χ1v) is 9.42. The van der Waals surface area contributed by atoms with Gasteiger partial charge in [-0.15, -0.1) is 0 Å². The second-order valence-corrected chi connectivity index (χ2v) is 7.93. The maximum Gasteiger partial charge on any atom is 0.525 e. The lowest BCUT2D eigenvalue weighted by Gasteiger charge is -2.32. The molecule has 10 heteroatoms. The number of rotatable bonds is 8. The van der Waals surface area contributed by atoms with E-state index in [2.05, 4.69) is 4.74 Å². The minimum absolute atomic E-state index is 0.0906. The number of hydrogen-bond acceptors (Lipinski definition) is 5. The van der Waals surface area contributed by atoms with Crippen molar-refractivity contribution in [1.82, 2.24) is 0 Å². The van der Waals surface area contributed by atoms with Gasteiger partial charge in [-0.25, -0.2) is 4.39 Å². The van der Waals surface area contributed by atoms with Crippen LogP contribution in [0.1, 0.15) is 39.7 Å². The molecule has 0 aromatic heterocycles. The van der Waals surface area contributed by atoms with E-state index in [1.165, 1.54) is 14.2 Å². The zero-order valence-corrected chi connectivity index (χ0v) is 18.0. The summed E-state index contributed by atoms with van der Waals surface area (Å²) in [6.07, 6.45) is -4.60. The summed E-state index contributed by atoms with van der Waals surface area (Å²) in [5.41, 5.74) is -1.83. The van der Waals surface area contributed by atoms with Gasteiger partial charge in [0.15, 0.2) is 0 Å². The Bertz CT molecular complexity index is 739. The Morgan fingerprint density at radius 2 is 1.47 bits per heavy atom. The third kappa shape index (κ3) is 5.89. The fourth-order valence-corrected chi connectivity index (χ4v) is 2.83. The predicted molar refractivity (Wildman–Crippen MR) is 105 cm³/mol. The molecule has 0 bridgehead atoms. The second-order valence-electron chi connectivity index (χ2n) is 7.93. The molecule has 0 amide bonds. The lowest BCUT2D eigenvalue weighted by molar-refractivity contribution is -0.173. The molecule has 1 aromatic carbocycles. The van der Waals surface area contributed by atoms with E-state index in [1.54, 1.807) is 45.9 Å². The van der Waals surface area contributed by atoms with Crippen LogP contribution in [0.25, 0.3) is 5.57 Å². The molecule has 1 aromatic rings. The van der Waals surface area contributed by atoms with E-state index in [1.807, 2.05) is 0 Å². The number of hydrogen-bond donors (Lipinski definition) is 0. The van der Waals surface area contributed by atoms with Crippen LogP contribution in [0.15, 0.2) is 23.9 Å². The molecule has 0 radical (unpaired) electrons. The van der Waals surface area contributed by atoms with Gasteiger partial charge in [-0.3, -0.25) is 0 Å². The van der Waals surface area contributed by atoms with Gasteiger partial charge in [-0.1, -0.05) is 0 Å². The molecule has 1 aliphatic rings. The Hall–Kier alpha value is -1.78. The third-order valence-electron chi connectivity index (χ3n) is 5.21. The van der Waals surface area contributed by atoms with Crippen molar-refractivity contribution in [2.45, 2.75) is 51.5 Å². The van der Waals surface area contributed by atoms with Crippen molar-refractivity contribution in [3.63, 3.8) is 0 Å². The van der Waals surface area contributed by atoms with Gasteiger partial charge in [0.2, 0.25) is 0 Å². The second kappa shape index (κ2) is 9.15. The van der Waals surface area contributed by atoms with E-state index in [0.717, 1.165) is 0 Å². The van der Waals surface area contributed by atoms with Crippen molar-refractivity contribution in [1.29, 1.82) is 0 Å². The lowest BCUT2D eigenvalue weighted by atomic mass is 9.81. The third-order valence-corrected chi connectivity index (χ3v) is 5.21. The molecule has 0 spiro atoms. The highest BCUT2D eigenvalue weighted by molar-refractivity contribution is 6.55. The summed E-state index contributed by atoms with van der Waals surface area (Å²) in [4.78, 5) is 0. The zero-order chi connectivity index (χ0) is 22.7. The van der Waals surface area contributed by atoms with E-state index >= 15 is 4.39 Å². The average Bonchev–Trinajstić information content (AvgIpc) is 2.87. The highest BCUT2D eigenvalue weighted by atomic mass is 19.4. The zero-order valence-electron chi connectivity index (χ0n) is 18.0. The fraction of sp³-hybridized carbons (Fsp3) is 0.600. The minimum Gasteiger partial charge on any atom is -0.497 e. The molecular weight excluding hydrogens is 407 g/mol. The van der Waals surface area contributed by atoms with Crippen LogP contribution in [-0.2, 0) is 14.0 Å². The summed E-state index contributed by atoms with van der Waals surface area (Å²) in [6, 6.07) is 4.73.